The minimum atomic E-state index is -0.557. The summed E-state index contributed by atoms with van der Waals surface area (Å²) in [4.78, 5) is 19.0. The number of hydrogen-bond donors (Lipinski definition) is 1. The largest absolute Gasteiger partial charge is 0.469 e. The van der Waals surface area contributed by atoms with Crippen LogP contribution >= 0.6 is 23.2 Å². The lowest BCUT2D eigenvalue weighted by molar-refractivity contribution is -0.385. The summed E-state index contributed by atoms with van der Waals surface area (Å²) in [5.41, 5.74) is 0.101. The summed E-state index contributed by atoms with van der Waals surface area (Å²) in [7, 11) is 0. The zero-order valence-electron chi connectivity index (χ0n) is 13.2. The van der Waals surface area contributed by atoms with Crippen molar-refractivity contribution in [3.8, 4) is 5.88 Å². The summed E-state index contributed by atoms with van der Waals surface area (Å²) in [6.45, 7) is 0. The number of benzene rings is 1. The maximum absolute atomic E-state index is 11.6. The third-order valence-electron chi connectivity index (χ3n) is 4.01. The van der Waals surface area contributed by atoms with E-state index in [9.17, 15) is 10.1 Å². The van der Waals surface area contributed by atoms with Gasteiger partial charge in [0.05, 0.1) is 20.7 Å². The van der Waals surface area contributed by atoms with E-state index in [0.29, 0.717) is 10.7 Å². The number of anilines is 2. The first-order valence-corrected chi connectivity index (χ1v) is 8.69. The smallest absolute Gasteiger partial charge is 0.373 e. The van der Waals surface area contributed by atoms with Crippen molar-refractivity contribution in [1.29, 1.82) is 0 Å². The van der Waals surface area contributed by atoms with Gasteiger partial charge in [0, 0.05) is 0 Å². The van der Waals surface area contributed by atoms with Gasteiger partial charge in [-0.2, -0.15) is 4.98 Å². The van der Waals surface area contributed by atoms with Gasteiger partial charge >= 0.3 is 5.69 Å². The Bertz CT molecular complexity index is 782. The van der Waals surface area contributed by atoms with Gasteiger partial charge in [-0.25, -0.2) is 4.98 Å². The van der Waals surface area contributed by atoms with Crippen molar-refractivity contribution in [2.75, 3.05) is 5.32 Å². The van der Waals surface area contributed by atoms with Crippen LogP contribution in [0.25, 0.3) is 0 Å². The summed E-state index contributed by atoms with van der Waals surface area (Å²) >= 11 is 12.1. The third kappa shape index (κ3) is 4.11. The fourth-order valence-corrected chi connectivity index (χ4v) is 3.12. The van der Waals surface area contributed by atoms with Gasteiger partial charge in [-0.1, -0.05) is 35.7 Å². The van der Waals surface area contributed by atoms with Crippen molar-refractivity contribution in [2.45, 2.75) is 38.2 Å². The Hall–Kier alpha value is -2.12. The van der Waals surface area contributed by atoms with Gasteiger partial charge in [-0.15, -0.1) is 0 Å². The average molecular weight is 383 g/mol. The molecule has 0 bridgehead atoms. The van der Waals surface area contributed by atoms with E-state index in [4.69, 9.17) is 27.9 Å². The molecule has 132 valence electrons. The van der Waals surface area contributed by atoms with Crippen LogP contribution in [0.2, 0.25) is 10.0 Å². The molecule has 0 aliphatic heterocycles. The van der Waals surface area contributed by atoms with Crippen molar-refractivity contribution in [2.24, 2.45) is 0 Å². The highest BCUT2D eigenvalue weighted by Crippen LogP contribution is 2.37. The predicted molar refractivity (Wildman–Crippen MR) is 95.9 cm³/mol. The van der Waals surface area contributed by atoms with E-state index >= 15 is 0 Å². The molecule has 0 spiro atoms. The second kappa shape index (κ2) is 7.84. The molecule has 1 aliphatic rings. The Labute approximate surface area is 154 Å². The van der Waals surface area contributed by atoms with Crippen LogP contribution in [0.15, 0.2) is 24.5 Å². The summed E-state index contributed by atoms with van der Waals surface area (Å²) in [6.07, 6.45) is 6.15. The minimum Gasteiger partial charge on any atom is -0.469 e. The maximum Gasteiger partial charge on any atom is 0.373 e. The Morgan fingerprint density at radius 3 is 2.68 bits per heavy atom. The standard InChI is InChI=1S/C16H16Cl2N4O3/c17-11-7-4-8-12(13(11)18)21-15-14(22(23)24)16(20-9-19-15)25-10-5-2-1-3-6-10/h4,7-10H,1-3,5-6H2,(H,19,20,21). The van der Waals surface area contributed by atoms with Gasteiger partial charge in [0.1, 0.15) is 12.4 Å². The van der Waals surface area contributed by atoms with E-state index in [0.717, 1.165) is 32.1 Å². The average Bonchev–Trinajstić information content (AvgIpc) is 2.60. The van der Waals surface area contributed by atoms with E-state index < -0.39 is 4.92 Å². The van der Waals surface area contributed by atoms with E-state index in [1.807, 2.05) is 0 Å². The molecule has 2 aromatic rings. The second-order valence-corrected chi connectivity index (χ2v) is 6.52. The highest BCUT2D eigenvalue weighted by atomic mass is 35.5. The molecule has 3 rings (SSSR count). The maximum atomic E-state index is 11.6. The normalized spacial score (nSPS) is 15.0. The van der Waals surface area contributed by atoms with E-state index in [1.54, 1.807) is 18.2 Å². The van der Waals surface area contributed by atoms with Crippen molar-refractivity contribution < 1.29 is 9.66 Å². The molecule has 1 saturated carbocycles. The van der Waals surface area contributed by atoms with Crippen molar-refractivity contribution >= 4 is 40.4 Å². The van der Waals surface area contributed by atoms with Crippen LogP contribution < -0.4 is 10.1 Å². The molecule has 1 N–H and O–H groups in total. The van der Waals surface area contributed by atoms with Gasteiger partial charge in [0.15, 0.2) is 0 Å². The number of ether oxygens (including phenoxy) is 1. The summed E-state index contributed by atoms with van der Waals surface area (Å²) in [5, 5.41) is 15.0. The quantitative estimate of drug-likeness (QED) is 0.568. The van der Waals surface area contributed by atoms with Crippen LogP contribution in [-0.2, 0) is 0 Å². The molecule has 25 heavy (non-hydrogen) atoms. The zero-order chi connectivity index (χ0) is 17.8. The number of nitrogens with one attached hydrogen (secondary N) is 1. The van der Waals surface area contributed by atoms with Crippen molar-refractivity contribution in [3.05, 3.63) is 44.7 Å². The molecule has 0 atom stereocenters. The molecule has 9 heteroatoms. The fraction of sp³-hybridized carbons (Fsp3) is 0.375. The first-order valence-electron chi connectivity index (χ1n) is 7.93. The molecule has 7 nitrogen and oxygen atoms in total. The number of rotatable bonds is 5. The molecule has 1 heterocycles. The van der Waals surface area contributed by atoms with Crippen LogP contribution in [0.4, 0.5) is 17.2 Å². The highest BCUT2D eigenvalue weighted by Gasteiger charge is 2.28. The molecule has 1 aliphatic carbocycles. The lowest BCUT2D eigenvalue weighted by atomic mass is 9.98. The van der Waals surface area contributed by atoms with Crippen LogP contribution in [-0.4, -0.2) is 21.0 Å². The molecular weight excluding hydrogens is 367 g/mol. The van der Waals surface area contributed by atoms with Gasteiger partial charge in [0.25, 0.3) is 5.88 Å². The first-order chi connectivity index (χ1) is 12.1. The molecule has 1 aromatic heterocycles. The zero-order valence-corrected chi connectivity index (χ0v) is 14.8. The minimum absolute atomic E-state index is 0.00924. The second-order valence-electron chi connectivity index (χ2n) is 5.74. The lowest BCUT2D eigenvalue weighted by Crippen LogP contribution is -2.21. The van der Waals surface area contributed by atoms with E-state index in [2.05, 4.69) is 15.3 Å². The van der Waals surface area contributed by atoms with Crippen LogP contribution in [0, 0.1) is 10.1 Å². The molecule has 0 amide bonds. The summed E-state index contributed by atoms with van der Waals surface area (Å²) in [5.74, 6) is -0.0254. The number of hydrogen-bond acceptors (Lipinski definition) is 6. The Morgan fingerprint density at radius 2 is 1.96 bits per heavy atom. The van der Waals surface area contributed by atoms with Crippen LogP contribution in [0.5, 0.6) is 5.88 Å². The molecule has 0 unspecified atom stereocenters. The van der Waals surface area contributed by atoms with Crippen LogP contribution in [0.3, 0.4) is 0 Å². The third-order valence-corrected chi connectivity index (χ3v) is 4.83. The predicted octanol–water partition coefficient (Wildman–Crippen LogP) is 5.15. The van der Waals surface area contributed by atoms with Gasteiger partial charge in [-0.05, 0) is 37.8 Å². The molecule has 1 fully saturated rings. The summed E-state index contributed by atoms with van der Waals surface area (Å²) < 4.78 is 5.79. The number of nitrogens with zero attached hydrogens (tertiary/aromatic N) is 3. The van der Waals surface area contributed by atoms with Crippen LogP contribution in [0.1, 0.15) is 32.1 Å². The monoisotopic (exact) mass is 382 g/mol. The Morgan fingerprint density at radius 1 is 1.20 bits per heavy atom. The topological polar surface area (TPSA) is 90.2 Å². The van der Waals surface area contributed by atoms with Gasteiger partial charge < -0.3 is 10.1 Å². The SMILES string of the molecule is O=[N+]([O-])c1c(Nc2cccc(Cl)c2Cl)ncnc1OC1CCCCC1. The fourth-order valence-electron chi connectivity index (χ4n) is 2.77. The molecule has 0 saturated heterocycles. The number of aromatic nitrogens is 2. The summed E-state index contributed by atoms with van der Waals surface area (Å²) in [6, 6.07) is 4.96. The van der Waals surface area contributed by atoms with Gasteiger partial charge in [-0.3, -0.25) is 10.1 Å². The van der Waals surface area contributed by atoms with Crippen molar-refractivity contribution in [3.63, 3.8) is 0 Å². The molecule has 1 aromatic carbocycles. The molecular formula is C16H16Cl2N4O3. The van der Waals surface area contributed by atoms with E-state index in [-0.39, 0.29) is 28.5 Å². The van der Waals surface area contributed by atoms with Gasteiger partial charge in [0.2, 0.25) is 5.82 Å². The number of halogens is 2. The number of nitro groups is 1. The highest BCUT2D eigenvalue weighted by molar-refractivity contribution is 6.43. The van der Waals surface area contributed by atoms with Crippen molar-refractivity contribution in [1.82, 2.24) is 9.97 Å². The lowest BCUT2D eigenvalue weighted by Gasteiger charge is -2.22. The Kier molecular flexibility index (Phi) is 5.55. The Balaban J connectivity index is 1.92. The molecule has 0 radical (unpaired) electrons. The first kappa shape index (κ1) is 17.7. The van der Waals surface area contributed by atoms with E-state index in [1.165, 1.54) is 6.33 Å².